The standard InChI is InChI=1S/C14H22O2/c1-13(2)9-4-5-10(15)8-6-7-14(3,16)11(8)12(9)13/h8-9,11-12,16H,4-7H2,1-3H3/t8-,9+,11-,12-,14+/m1/s1. The molecule has 3 saturated carbocycles. The zero-order valence-electron chi connectivity index (χ0n) is 10.5. The Labute approximate surface area is 97.4 Å². The third-order valence-corrected chi connectivity index (χ3v) is 5.75. The van der Waals surface area contributed by atoms with Crippen molar-refractivity contribution < 1.29 is 9.90 Å². The van der Waals surface area contributed by atoms with Crippen LogP contribution in [-0.4, -0.2) is 16.5 Å². The lowest BCUT2D eigenvalue weighted by atomic mass is 9.79. The second-order valence-corrected chi connectivity index (χ2v) is 6.99. The van der Waals surface area contributed by atoms with Crippen molar-refractivity contribution in [2.45, 2.75) is 52.1 Å². The molecule has 0 aromatic rings. The van der Waals surface area contributed by atoms with Crippen LogP contribution in [0.15, 0.2) is 0 Å². The molecule has 0 amide bonds. The highest BCUT2D eigenvalue weighted by molar-refractivity contribution is 5.82. The average Bonchev–Trinajstić information content (AvgIpc) is 2.61. The summed E-state index contributed by atoms with van der Waals surface area (Å²) in [6.45, 7) is 6.56. The molecular weight excluding hydrogens is 200 g/mol. The Bertz CT molecular complexity index is 343. The lowest BCUT2D eigenvalue weighted by molar-refractivity contribution is -0.125. The van der Waals surface area contributed by atoms with E-state index in [0.29, 0.717) is 23.0 Å². The second kappa shape index (κ2) is 2.90. The molecule has 0 aromatic heterocycles. The Hall–Kier alpha value is -0.370. The summed E-state index contributed by atoms with van der Waals surface area (Å²) in [5.74, 6) is 2.08. The minimum atomic E-state index is -0.596. The van der Waals surface area contributed by atoms with Gasteiger partial charge in [-0.25, -0.2) is 0 Å². The number of aliphatic hydroxyl groups is 1. The Balaban J connectivity index is 1.98. The van der Waals surface area contributed by atoms with E-state index in [4.69, 9.17) is 0 Å². The molecule has 0 heterocycles. The van der Waals surface area contributed by atoms with Gasteiger partial charge in [0.25, 0.3) is 0 Å². The maximum Gasteiger partial charge on any atom is 0.136 e. The highest BCUT2D eigenvalue weighted by Gasteiger charge is 2.68. The van der Waals surface area contributed by atoms with Crippen molar-refractivity contribution in [1.29, 1.82) is 0 Å². The van der Waals surface area contributed by atoms with E-state index in [0.717, 1.165) is 25.7 Å². The normalized spacial score (nSPS) is 54.1. The molecule has 2 nitrogen and oxygen atoms in total. The molecule has 3 fully saturated rings. The third-order valence-electron chi connectivity index (χ3n) is 5.75. The van der Waals surface area contributed by atoms with Gasteiger partial charge in [-0.3, -0.25) is 4.79 Å². The van der Waals surface area contributed by atoms with Crippen LogP contribution in [0.4, 0.5) is 0 Å². The largest absolute Gasteiger partial charge is 0.390 e. The van der Waals surface area contributed by atoms with Crippen molar-refractivity contribution in [1.82, 2.24) is 0 Å². The summed E-state index contributed by atoms with van der Waals surface area (Å²) >= 11 is 0. The molecule has 0 aromatic carbocycles. The average molecular weight is 222 g/mol. The summed E-state index contributed by atoms with van der Waals surface area (Å²) < 4.78 is 0. The van der Waals surface area contributed by atoms with E-state index >= 15 is 0 Å². The fourth-order valence-electron chi connectivity index (χ4n) is 4.76. The number of hydrogen-bond acceptors (Lipinski definition) is 2. The van der Waals surface area contributed by atoms with E-state index in [1.807, 2.05) is 6.92 Å². The predicted molar refractivity (Wildman–Crippen MR) is 61.8 cm³/mol. The topological polar surface area (TPSA) is 37.3 Å². The van der Waals surface area contributed by atoms with Gasteiger partial charge in [-0.05, 0) is 43.4 Å². The van der Waals surface area contributed by atoms with Crippen molar-refractivity contribution in [2.75, 3.05) is 0 Å². The van der Waals surface area contributed by atoms with Gasteiger partial charge in [-0.2, -0.15) is 0 Å². The zero-order valence-corrected chi connectivity index (χ0v) is 10.5. The number of fused-ring (bicyclic) bond motifs is 3. The van der Waals surface area contributed by atoms with Crippen molar-refractivity contribution in [2.24, 2.45) is 29.1 Å². The quantitative estimate of drug-likeness (QED) is 0.683. The number of ketones is 1. The molecule has 0 spiro atoms. The molecule has 90 valence electrons. The molecule has 0 radical (unpaired) electrons. The fraction of sp³-hybridized carbons (Fsp3) is 0.929. The zero-order chi connectivity index (χ0) is 11.7. The molecule has 3 aliphatic rings. The van der Waals surface area contributed by atoms with Crippen LogP contribution in [0.2, 0.25) is 0 Å². The summed E-state index contributed by atoms with van der Waals surface area (Å²) in [5, 5.41) is 10.5. The summed E-state index contributed by atoms with van der Waals surface area (Å²) in [6, 6.07) is 0. The number of hydrogen-bond donors (Lipinski definition) is 1. The molecule has 3 rings (SSSR count). The molecular formula is C14H22O2. The molecule has 5 atom stereocenters. The SMILES string of the molecule is CC1(C)[C@H]2[C@H]3[C@H](CC[C@]3(C)O)C(=O)CC[C@@H]21. The van der Waals surface area contributed by atoms with Crippen LogP contribution in [-0.2, 0) is 4.79 Å². The van der Waals surface area contributed by atoms with Crippen LogP contribution < -0.4 is 0 Å². The van der Waals surface area contributed by atoms with Crippen molar-refractivity contribution in [3.63, 3.8) is 0 Å². The molecule has 2 heteroatoms. The van der Waals surface area contributed by atoms with Crippen molar-refractivity contribution in [3.05, 3.63) is 0 Å². The maximum atomic E-state index is 12.0. The molecule has 3 aliphatic carbocycles. The fourth-order valence-corrected chi connectivity index (χ4v) is 4.76. The summed E-state index contributed by atoms with van der Waals surface area (Å²) in [4.78, 5) is 12.0. The Morgan fingerprint density at radius 3 is 2.56 bits per heavy atom. The lowest BCUT2D eigenvalue weighted by Gasteiger charge is -2.30. The van der Waals surface area contributed by atoms with Crippen LogP contribution >= 0.6 is 0 Å². The van der Waals surface area contributed by atoms with Gasteiger partial charge in [0.05, 0.1) is 5.60 Å². The van der Waals surface area contributed by atoms with Crippen LogP contribution in [0.5, 0.6) is 0 Å². The van der Waals surface area contributed by atoms with Crippen LogP contribution in [0, 0.1) is 29.1 Å². The minimum Gasteiger partial charge on any atom is -0.390 e. The first kappa shape index (κ1) is 10.8. The molecule has 0 saturated heterocycles. The minimum absolute atomic E-state index is 0.159. The van der Waals surface area contributed by atoms with E-state index in [9.17, 15) is 9.90 Å². The summed E-state index contributed by atoms with van der Waals surface area (Å²) in [6.07, 6.45) is 3.53. The Morgan fingerprint density at radius 2 is 1.88 bits per heavy atom. The maximum absolute atomic E-state index is 12.0. The van der Waals surface area contributed by atoms with Gasteiger partial charge >= 0.3 is 0 Å². The number of carbonyl (C=O) groups is 1. The first-order valence-corrected chi connectivity index (χ1v) is 6.61. The van der Waals surface area contributed by atoms with Gasteiger partial charge in [-0.1, -0.05) is 13.8 Å². The number of Topliss-reactive ketones (excluding diaryl/α,β-unsaturated/α-hetero) is 1. The van der Waals surface area contributed by atoms with Gasteiger partial charge in [0.15, 0.2) is 0 Å². The molecule has 0 bridgehead atoms. The Kier molecular flexibility index (Phi) is 1.95. The van der Waals surface area contributed by atoms with E-state index < -0.39 is 5.60 Å². The van der Waals surface area contributed by atoms with Gasteiger partial charge in [0.1, 0.15) is 5.78 Å². The van der Waals surface area contributed by atoms with Crippen molar-refractivity contribution >= 4 is 5.78 Å². The van der Waals surface area contributed by atoms with Gasteiger partial charge < -0.3 is 5.11 Å². The van der Waals surface area contributed by atoms with Gasteiger partial charge in [0, 0.05) is 18.3 Å². The molecule has 0 aliphatic heterocycles. The number of carbonyl (C=O) groups excluding carboxylic acids is 1. The first-order chi connectivity index (χ1) is 7.36. The Morgan fingerprint density at radius 1 is 1.19 bits per heavy atom. The van der Waals surface area contributed by atoms with E-state index in [-0.39, 0.29) is 11.8 Å². The molecule has 16 heavy (non-hydrogen) atoms. The van der Waals surface area contributed by atoms with E-state index in [2.05, 4.69) is 13.8 Å². The molecule has 1 N–H and O–H groups in total. The van der Waals surface area contributed by atoms with Gasteiger partial charge in [-0.15, -0.1) is 0 Å². The second-order valence-electron chi connectivity index (χ2n) is 6.99. The van der Waals surface area contributed by atoms with Crippen LogP contribution in [0.1, 0.15) is 46.5 Å². The van der Waals surface area contributed by atoms with Crippen molar-refractivity contribution in [3.8, 4) is 0 Å². The predicted octanol–water partition coefficient (Wildman–Crippen LogP) is 2.40. The van der Waals surface area contributed by atoms with Crippen LogP contribution in [0.25, 0.3) is 0 Å². The van der Waals surface area contributed by atoms with Gasteiger partial charge in [0.2, 0.25) is 0 Å². The summed E-state index contributed by atoms with van der Waals surface area (Å²) in [5.41, 5.74) is -0.237. The highest BCUT2D eigenvalue weighted by atomic mass is 16.3. The highest BCUT2D eigenvalue weighted by Crippen LogP contribution is 2.70. The first-order valence-electron chi connectivity index (χ1n) is 6.61. The monoisotopic (exact) mass is 222 g/mol. The van der Waals surface area contributed by atoms with E-state index in [1.54, 1.807) is 0 Å². The third kappa shape index (κ3) is 1.20. The van der Waals surface area contributed by atoms with E-state index in [1.165, 1.54) is 0 Å². The molecule has 0 unspecified atom stereocenters. The summed E-state index contributed by atoms with van der Waals surface area (Å²) in [7, 11) is 0. The van der Waals surface area contributed by atoms with Crippen LogP contribution in [0.3, 0.4) is 0 Å². The lowest BCUT2D eigenvalue weighted by Crippen LogP contribution is -2.36. The number of rotatable bonds is 0. The smallest absolute Gasteiger partial charge is 0.136 e.